The van der Waals surface area contributed by atoms with Crippen LogP contribution in [0.4, 0.5) is 0 Å². The van der Waals surface area contributed by atoms with Gasteiger partial charge in [0.15, 0.2) is 0 Å². The number of aryl methyl sites for hydroxylation is 2. The molecule has 3 aromatic carbocycles. The maximum absolute atomic E-state index is 11.9. The summed E-state index contributed by atoms with van der Waals surface area (Å²) in [5.41, 5.74) is 4.89. The number of carbonyl (C=O) groups is 1. The van der Waals surface area contributed by atoms with Gasteiger partial charge in [-0.25, -0.2) is 9.78 Å². The Bertz CT molecular complexity index is 1530. The summed E-state index contributed by atoms with van der Waals surface area (Å²) in [5, 5.41) is 10.8. The van der Waals surface area contributed by atoms with Crippen molar-refractivity contribution in [2.45, 2.75) is 45.8 Å². The van der Waals surface area contributed by atoms with Crippen molar-refractivity contribution in [2.75, 3.05) is 7.05 Å². The largest absolute Gasteiger partial charge is 0.478 e. The zero-order valence-corrected chi connectivity index (χ0v) is 23.7. The molecule has 1 aromatic heterocycles. The van der Waals surface area contributed by atoms with Crippen molar-refractivity contribution >= 4 is 29.2 Å². The fourth-order valence-corrected chi connectivity index (χ4v) is 5.02. The molecule has 0 aliphatic rings. The second kappa shape index (κ2) is 13.0. The van der Waals surface area contributed by atoms with E-state index in [1.165, 1.54) is 0 Å². The fraction of sp³-hybridized carbons (Fsp3) is 0.258. The van der Waals surface area contributed by atoms with Crippen LogP contribution in [0.3, 0.4) is 0 Å². The highest BCUT2D eigenvalue weighted by Crippen LogP contribution is 2.29. The molecule has 0 fully saturated rings. The number of carboxylic acids is 1. The SMILES string of the molecule is CCCCc1nc(C)c(-c2ccccc2Cl)c(=NC)n1Cc1ccc(OC(C(=O)O)c2ccccc2Cl)cc1. The van der Waals surface area contributed by atoms with Gasteiger partial charge in [0.25, 0.3) is 0 Å². The van der Waals surface area contributed by atoms with E-state index in [0.29, 0.717) is 27.9 Å². The molecule has 39 heavy (non-hydrogen) atoms. The third kappa shape index (κ3) is 6.52. The van der Waals surface area contributed by atoms with E-state index in [1.54, 1.807) is 43.4 Å². The Morgan fingerprint density at radius 2 is 1.69 bits per heavy atom. The van der Waals surface area contributed by atoms with Crippen molar-refractivity contribution in [2.24, 2.45) is 4.99 Å². The number of carboxylic acid groups (broad SMARTS) is 1. The van der Waals surface area contributed by atoms with Crippen LogP contribution in [0.15, 0.2) is 77.8 Å². The molecule has 1 N–H and O–H groups in total. The van der Waals surface area contributed by atoms with Crippen molar-refractivity contribution in [3.63, 3.8) is 0 Å². The number of aliphatic carboxylic acids is 1. The number of benzene rings is 3. The van der Waals surface area contributed by atoms with E-state index in [1.807, 2.05) is 43.3 Å². The zero-order chi connectivity index (χ0) is 27.9. The molecule has 0 aliphatic carbocycles. The van der Waals surface area contributed by atoms with Gasteiger partial charge in [-0.05, 0) is 43.2 Å². The van der Waals surface area contributed by atoms with Crippen molar-refractivity contribution in [1.82, 2.24) is 9.55 Å². The third-order valence-corrected chi connectivity index (χ3v) is 7.16. The molecule has 0 spiro atoms. The minimum absolute atomic E-state index is 0.342. The number of nitrogens with zero attached hydrogens (tertiary/aromatic N) is 3. The average Bonchev–Trinajstić information content (AvgIpc) is 2.93. The van der Waals surface area contributed by atoms with Gasteiger partial charge < -0.3 is 14.4 Å². The maximum atomic E-state index is 11.9. The molecule has 6 nitrogen and oxygen atoms in total. The van der Waals surface area contributed by atoms with Crippen LogP contribution < -0.4 is 10.2 Å². The van der Waals surface area contributed by atoms with Crippen molar-refractivity contribution in [3.05, 3.63) is 111 Å². The standard InChI is InChI=1S/C31H31Cl2N3O3/c1-4-5-14-27-35-20(2)28(23-10-6-8-12-25(23)32)30(34-3)36(27)19-21-15-17-22(18-16-21)39-29(31(37)38)24-11-7-9-13-26(24)33/h6-13,15-18,29H,4-5,14,19H2,1-3H3,(H,37,38). The van der Waals surface area contributed by atoms with Crippen LogP contribution in [0.25, 0.3) is 11.1 Å². The first-order chi connectivity index (χ1) is 18.8. The van der Waals surface area contributed by atoms with Gasteiger partial charge in [0, 0.05) is 40.2 Å². The highest BCUT2D eigenvalue weighted by atomic mass is 35.5. The van der Waals surface area contributed by atoms with Crippen LogP contribution in [0.5, 0.6) is 5.75 Å². The Morgan fingerprint density at radius 1 is 1.03 bits per heavy atom. The van der Waals surface area contributed by atoms with E-state index < -0.39 is 12.1 Å². The molecular weight excluding hydrogens is 533 g/mol. The maximum Gasteiger partial charge on any atom is 0.349 e. The van der Waals surface area contributed by atoms with E-state index in [2.05, 4.69) is 11.5 Å². The number of rotatable bonds is 10. The Hall–Kier alpha value is -3.61. The van der Waals surface area contributed by atoms with Crippen LogP contribution in [-0.4, -0.2) is 27.7 Å². The van der Waals surface area contributed by atoms with Crippen LogP contribution in [0.1, 0.15) is 48.5 Å². The quantitative estimate of drug-likeness (QED) is 0.220. The first-order valence-electron chi connectivity index (χ1n) is 12.8. The number of aromatic nitrogens is 2. The predicted molar refractivity (Wildman–Crippen MR) is 156 cm³/mol. The van der Waals surface area contributed by atoms with E-state index >= 15 is 0 Å². The zero-order valence-electron chi connectivity index (χ0n) is 22.2. The lowest BCUT2D eigenvalue weighted by Crippen LogP contribution is -2.29. The lowest BCUT2D eigenvalue weighted by Gasteiger charge is -2.20. The molecule has 0 saturated heterocycles. The van der Waals surface area contributed by atoms with E-state index in [4.69, 9.17) is 37.9 Å². The second-order valence-corrected chi connectivity index (χ2v) is 10.0. The van der Waals surface area contributed by atoms with Gasteiger partial charge in [0.2, 0.25) is 6.10 Å². The minimum Gasteiger partial charge on any atom is -0.478 e. The van der Waals surface area contributed by atoms with Gasteiger partial charge in [-0.15, -0.1) is 0 Å². The second-order valence-electron chi connectivity index (χ2n) is 9.21. The molecule has 1 heterocycles. The van der Waals surface area contributed by atoms with Crippen molar-refractivity contribution in [3.8, 4) is 16.9 Å². The molecule has 1 atom stereocenters. The Labute approximate surface area is 238 Å². The van der Waals surface area contributed by atoms with Crippen LogP contribution in [-0.2, 0) is 17.8 Å². The third-order valence-electron chi connectivity index (χ3n) is 6.49. The molecule has 0 bridgehead atoms. The Kier molecular flexibility index (Phi) is 9.44. The van der Waals surface area contributed by atoms with Crippen LogP contribution >= 0.6 is 23.2 Å². The topological polar surface area (TPSA) is 76.7 Å². The molecule has 4 rings (SSSR count). The molecule has 202 valence electrons. The van der Waals surface area contributed by atoms with Crippen LogP contribution in [0, 0.1) is 6.92 Å². The molecule has 0 radical (unpaired) electrons. The first kappa shape index (κ1) is 28.4. The van der Waals surface area contributed by atoms with Gasteiger partial charge in [0.1, 0.15) is 17.1 Å². The number of hydrogen-bond donors (Lipinski definition) is 1. The molecule has 0 aliphatic heterocycles. The molecular formula is C31H31Cl2N3O3. The molecule has 0 amide bonds. The minimum atomic E-state index is -1.22. The number of unbranched alkanes of at least 4 members (excludes halogenated alkanes) is 1. The summed E-state index contributed by atoms with van der Waals surface area (Å²) in [4.78, 5) is 21.6. The highest BCUT2D eigenvalue weighted by molar-refractivity contribution is 6.33. The molecule has 8 heteroatoms. The number of halogens is 2. The summed E-state index contributed by atoms with van der Waals surface area (Å²) in [5.74, 6) is 0.271. The monoisotopic (exact) mass is 563 g/mol. The summed E-state index contributed by atoms with van der Waals surface area (Å²) in [6.07, 6.45) is 1.66. The fourth-order valence-electron chi connectivity index (χ4n) is 4.56. The molecule has 1 unspecified atom stereocenters. The summed E-state index contributed by atoms with van der Waals surface area (Å²) in [7, 11) is 1.78. The highest BCUT2D eigenvalue weighted by Gasteiger charge is 2.24. The molecule has 0 saturated carbocycles. The van der Waals surface area contributed by atoms with Gasteiger partial charge >= 0.3 is 5.97 Å². The van der Waals surface area contributed by atoms with Crippen molar-refractivity contribution in [1.29, 1.82) is 0 Å². The Balaban J connectivity index is 1.70. The average molecular weight is 565 g/mol. The first-order valence-corrected chi connectivity index (χ1v) is 13.6. The number of hydrogen-bond acceptors (Lipinski definition) is 4. The van der Waals surface area contributed by atoms with Crippen LogP contribution in [0.2, 0.25) is 10.0 Å². The van der Waals surface area contributed by atoms with Crippen molar-refractivity contribution < 1.29 is 14.6 Å². The summed E-state index contributed by atoms with van der Waals surface area (Å²) < 4.78 is 7.98. The Morgan fingerprint density at radius 3 is 2.31 bits per heavy atom. The van der Waals surface area contributed by atoms with E-state index in [0.717, 1.165) is 53.0 Å². The van der Waals surface area contributed by atoms with Gasteiger partial charge in [-0.2, -0.15) is 0 Å². The van der Waals surface area contributed by atoms with E-state index in [-0.39, 0.29) is 0 Å². The summed E-state index contributed by atoms with van der Waals surface area (Å²) in [6, 6.07) is 21.9. The lowest BCUT2D eigenvalue weighted by atomic mass is 10.0. The predicted octanol–water partition coefficient (Wildman–Crippen LogP) is 7.29. The summed E-state index contributed by atoms with van der Waals surface area (Å²) in [6.45, 7) is 4.69. The normalized spacial score (nSPS) is 12.4. The number of ether oxygens (including phenoxy) is 1. The van der Waals surface area contributed by atoms with Gasteiger partial charge in [0.05, 0.1) is 12.2 Å². The smallest absolute Gasteiger partial charge is 0.349 e. The summed E-state index contributed by atoms with van der Waals surface area (Å²) >= 11 is 12.8. The van der Waals surface area contributed by atoms with E-state index in [9.17, 15) is 9.90 Å². The lowest BCUT2D eigenvalue weighted by molar-refractivity contribution is -0.145. The van der Waals surface area contributed by atoms with Gasteiger partial charge in [-0.1, -0.05) is 85.1 Å². The van der Waals surface area contributed by atoms with Gasteiger partial charge in [-0.3, -0.25) is 4.99 Å². The molecule has 4 aromatic rings.